The van der Waals surface area contributed by atoms with E-state index in [0.29, 0.717) is 0 Å². The third-order valence-corrected chi connectivity index (χ3v) is 4.56. The van der Waals surface area contributed by atoms with Gasteiger partial charge in [-0.2, -0.15) is 0 Å². The highest BCUT2D eigenvalue weighted by molar-refractivity contribution is 9.10. The average Bonchev–Trinajstić information content (AvgIpc) is 2.44. The Labute approximate surface area is 134 Å². The SMILES string of the molecule is CNC(Cc1cc(F)cc(Br)c1)C(C)(C)c1ccccc1. The summed E-state index contributed by atoms with van der Waals surface area (Å²) < 4.78 is 14.3. The molecule has 3 heteroatoms. The summed E-state index contributed by atoms with van der Waals surface area (Å²) in [7, 11) is 1.96. The smallest absolute Gasteiger partial charge is 0.124 e. The maximum Gasteiger partial charge on any atom is 0.124 e. The lowest BCUT2D eigenvalue weighted by Gasteiger charge is -2.35. The molecule has 1 atom stereocenters. The standard InChI is InChI=1S/C18H21BrFN/c1-18(2,14-7-5-4-6-8-14)17(21-3)11-13-9-15(19)12-16(20)10-13/h4-10,12,17,21H,11H2,1-3H3. The molecule has 0 spiro atoms. The van der Waals surface area contributed by atoms with Crippen molar-refractivity contribution in [3.05, 3.63) is 69.9 Å². The van der Waals surface area contributed by atoms with Crippen molar-refractivity contribution in [3.63, 3.8) is 0 Å². The van der Waals surface area contributed by atoms with Crippen molar-refractivity contribution in [2.75, 3.05) is 7.05 Å². The number of hydrogen-bond acceptors (Lipinski definition) is 1. The van der Waals surface area contributed by atoms with Crippen LogP contribution in [0.2, 0.25) is 0 Å². The zero-order valence-corrected chi connectivity index (χ0v) is 14.2. The van der Waals surface area contributed by atoms with E-state index in [1.54, 1.807) is 6.07 Å². The molecule has 0 aliphatic heterocycles. The van der Waals surface area contributed by atoms with E-state index in [4.69, 9.17) is 0 Å². The van der Waals surface area contributed by atoms with Gasteiger partial charge in [0, 0.05) is 15.9 Å². The lowest BCUT2D eigenvalue weighted by Crippen LogP contribution is -2.44. The van der Waals surface area contributed by atoms with E-state index in [1.807, 2.05) is 19.2 Å². The largest absolute Gasteiger partial charge is 0.316 e. The Morgan fingerprint density at radius 3 is 2.38 bits per heavy atom. The highest BCUT2D eigenvalue weighted by Gasteiger charge is 2.30. The van der Waals surface area contributed by atoms with Crippen LogP contribution in [0.1, 0.15) is 25.0 Å². The van der Waals surface area contributed by atoms with Crippen LogP contribution in [-0.4, -0.2) is 13.1 Å². The Bertz CT molecular complexity index is 575. The summed E-state index contributed by atoms with van der Waals surface area (Å²) in [6.45, 7) is 4.44. The fraction of sp³-hybridized carbons (Fsp3) is 0.333. The average molecular weight is 350 g/mol. The van der Waals surface area contributed by atoms with Gasteiger partial charge >= 0.3 is 0 Å². The van der Waals surface area contributed by atoms with Crippen LogP contribution in [0.3, 0.4) is 0 Å². The Balaban J connectivity index is 2.27. The van der Waals surface area contributed by atoms with Crippen molar-refractivity contribution in [2.24, 2.45) is 0 Å². The van der Waals surface area contributed by atoms with Crippen molar-refractivity contribution < 1.29 is 4.39 Å². The molecule has 0 aliphatic carbocycles. The van der Waals surface area contributed by atoms with Gasteiger partial charge in [0.2, 0.25) is 0 Å². The van der Waals surface area contributed by atoms with Gasteiger partial charge in [0.15, 0.2) is 0 Å². The first kappa shape index (κ1) is 16.2. The molecule has 0 amide bonds. The predicted molar refractivity (Wildman–Crippen MR) is 90.1 cm³/mol. The fourth-order valence-corrected chi connectivity index (χ4v) is 3.26. The van der Waals surface area contributed by atoms with Crippen LogP contribution in [0, 0.1) is 5.82 Å². The van der Waals surface area contributed by atoms with E-state index in [-0.39, 0.29) is 17.3 Å². The van der Waals surface area contributed by atoms with Gasteiger partial charge < -0.3 is 5.32 Å². The zero-order chi connectivity index (χ0) is 15.5. The summed E-state index contributed by atoms with van der Waals surface area (Å²) in [4.78, 5) is 0. The van der Waals surface area contributed by atoms with Crippen molar-refractivity contribution in [1.82, 2.24) is 5.32 Å². The molecule has 1 nitrogen and oxygen atoms in total. The first-order valence-electron chi connectivity index (χ1n) is 7.11. The maximum atomic E-state index is 13.6. The first-order chi connectivity index (χ1) is 9.93. The minimum Gasteiger partial charge on any atom is -0.316 e. The molecular formula is C18H21BrFN. The minimum atomic E-state index is -0.202. The van der Waals surface area contributed by atoms with Gasteiger partial charge in [-0.15, -0.1) is 0 Å². The fourth-order valence-electron chi connectivity index (χ4n) is 2.75. The lowest BCUT2D eigenvalue weighted by atomic mass is 9.75. The summed E-state index contributed by atoms with van der Waals surface area (Å²) in [5.74, 6) is -0.202. The summed E-state index contributed by atoms with van der Waals surface area (Å²) in [5.41, 5.74) is 2.22. The molecule has 0 saturated heterocycles. The normalized spacial score (nSPS) is 13.2. The molecule has 2 aromatic carbocycles. The number of hydrogen-bond donors (Lipinski definition) is 1. The number of rotatable bonds is 5. The first-order valence-corrected chi connectivity index (χ1v) is 7.90. The molecule has 0 radical (unpaired) electrons. The van der Waals surface area contributed by atoms with E-state index in [0.717, 1.165) is 16.5 Å². The van der Waals surface area contributed by atoms with E-state index in [1.165, 1.54) is 11.6 Å². The highest BCUT2D eigenvalue weighted by Crippen LogP contribution is 2.29. The number of likely N-dealkylation sites (N-methyl/N-ethyl adjacent to an activating group) is 1. The Morgan fingerprint density at radius 1 is 1.14 bits per heavy atom. The third-order valence-electron chi connectivity index (χ3n) is 4.10. The summed E-state index contributed by atoms with van der Waals surface area (Å²) >= 11 is 3.36. The minimum absolute atomic E-state index is 0.0468. The van der Waals surface area contributed by atoms with Crippen LogP contribution in [0.15, 0.2) is 53.0 Å². The maximum absolute atomic E-state index is 13.6. The van der Waals surface area contributed by atoms with Crippen molar-refractivity contribution in [1.29, 1.82) is 0 Å². The third kappa shape index (κ3) is 3.92. The molecule has 2 aromatic rings. The summed E-state index contributed by atoms with van der Waals surface area (Å²) in [6, 6.07) is 15.7. The van der Waals surface area contributed by atoms with Crippen LogP contribution in [0.4, 0.5) is 4.39 Å². The second-order valence-corrected chi connectivity index (χ2v) is 6.83. The second-order valence-electron chi connectivity index (χ2n) is 5.91. The van der Waals surface area contributed by atoms with Crippen molar-refractivity contribution in [3.8, 4) is 0 Å². The molecule has 2 rings (SSSR count). The molecule has 0 aromatic heterocycles. The van der Waals surface area contributed by atoms with Gasteiger partial charge in [-0.1, -0.05) is 60.1 Å². The van der Waals surface area contributed by atoms with Crippen LogP contribution in [0.5, 0.6) is 0 Å². The van der Waals surface area contributed by atoms with E-state index in [9.17, 15) is 4.39 Å². The molecule has 0 saturated carbocycles. The van der Waals surface area contributed by atoms with Crippen molar-refractivity contribution in [2.45, 2.75) is 31.7 Å². The van der Waals surface area contributed by atoms with Crippen LogP contribution in [-0.2, 0) is 11.8 Å². The predicted octanol–water partition coefficient (Wildman–Crippen LogP) is 4.70. The van der Waals surface area contributed by atoms with Gasteiger partial charge in [0.25, 0.3) is 0 Å². The highest BCUT2D eigenvalue weighted by atomic mass is 79.9. The quantitative estimate of drug-likeness (QED) is 0.825. The Hall–Kier alpha value is -1.19. The zero-order valence-electron chi connectivity index (χ0n) is 12.7. The van der Waals surface area contributed by atoms with Crippen LogP contribution in [0.25, 0.3) is 0 Å². The van der Waals surface area contributed by atoms with E-state index < -0.39 is 0 Å². The Kier molecular flexibility index (Phi) is 5.17. The van der Waals surface area contributed by atoms with Crippen LogP contribution < -0.4 is 5.32 Å². The summed E-state index contributed by atoms with van der Waals surface area (Å²) in [6.07, 6.45) is 0.773. The van der Waals surface area contributed by atoms with Gasteiger partial charge in [-0.05, 0) is 42.8 Å². The van der Waals surface area contributed by atoms with E-state index >= 15 is 0 Å². The number of benzene rings is 2. The molecule has 0 heterocycles. The molecule has 0 bridgehead atoms. The van der Waals surface area contributed by atoms with Gasteiger partial charge in [-0.3, -0.25) is 0 Å². The molecular weight excluding hydrogens is 329 g/mol. The van der Waals surface area contributed by atoms with Crippen molar-refractivity contribution >= 4 is 15.9 Å². The molecule has 112 valence electrons. The lowest BCUT2D eigenvalue weighted by molar-refractivity contribution is 0.356. The number of halogens is 2. The second kappa shape index (κ2) is 6.71. The number of nitrogens with one attached hydrogen (secondary N) is 1. The van der Waals surface area contributed by atoms with Crippen LogP contribution >= 0.6 is 15.9 Å². The molecule has 0 fully saturated rings. The van der Waals surface area contributed by atoms with Gasteiger partial charge in [0.1, 0.15) is 5.82 Å². The molecule has 0 aliphatic rings. The molecule has 1 N–H and O–H groups in total. The van der Waals surface area contributed by atoms with Gasteiger partial charge in [0.05, 0.1) is 0 Å². The van der Waals surface area contributed by atoms with E-state index in [2.05, 4.69) is 59.4 Å². The summed E-state index contributed by atoms with van der Waals surface area (Å²) in [5, 5.41) is 3.39. The topological polar surface area (TPSA) is 12.0 Å². The monoisotopic (exact) mass is 349 g/mol. The van der Waals surface area contributed by atoms with Gasteiger partial charge in [-0.25, -0.2) is 4.39 Å². The Morgan fingerprint density at radius 2 is 1.81 bits per heavy atom. The molecule has 1 unspecified atom stereocenters. The molecule has 21 heavy (non-hydrogen) atoms.